The summed E-state index contributed by atoms with van der Waals surface area (Å²) in [5.74, 6) is -3.33. The second-order valence-electron chi connectivity index (χ2n) is 7.52. The molecular weight excluding hydrogens is 479 g/mol. The quantitative estimate of drug-likeness (QED) is 0.406. The zero-order valence-electron chi connectivity index (χ0n) is 18.2. The average molecular weight is 498 g/mol. The molecule has 12 heteroatoms. The summed E-state index contributed by atoms with van der Waals surface area (Å²) in [5.41, 5.74) is 0.337. The SMILES string of the molecule is COc1ccc(C2NC(=O)N(C(Cc3ccccc3)C(=O)Nc3nc(C(=O)O)cs3)C2=O)c(F)c1. The number of methoxy groups -OCH3 is 1. The van der Waals surface area contributed by atoms with Crippen molar-refractivity contribution < 1.29 is 33.4 Å². The third-order valence-electron chi connectivity index (χ3n) is 5.33. The van der Waals surface area contributed by atoms with Crippen LogP contribution in [0.3, 0.4) is 0 Å². The number of imide groups is 1. The smallest absolute Gasteiger partial charge is 0.355 e. The molecule has 3 N–H and O–H groups in total. The van der Waals surface area contributed by atoms with E-state index in [0.717, 1.165) is 22.3 Å². The number of urea groups is 1. The van der Waals surface area contributed by atoms with Crippen LogP contribution in [0.4, 0.5) is 14.3 Å². The number of aromatic carboxylic acids is 1. The van der Waals surface area contributed by atoms with Crippen molar-refractivity contribution in [2.24, 2.45) is 0 Å². The Labute approximate surface area is 202 Å². The van der Waals surface area contributed by atoms with Gasteiger partial charge in [0, 0.05) is 23.4 Å². The molecule has 35 heavy (non-hydrogen) atoms. The molecular formula is C23H19FN4O6S. The molecule has 0 bridgehead atoms. The molecule has 0 saturated carbocycles. The highest BCUT2D eigenvalue weighted by molar-refractivity contribution is 7.14. The predicted molar refractivity (Wildman–Crippen MR) is 123 cm³/mol. The lowest BCUT2D eigenvalue weighted by Gasteiger charge is -2.24. The van der Waals surface area contributed by atoms with E-state index in [1.54, 1.807) is 30.3 Å². The van der Waals surface area contributed by atoms with Crippen LogP contribution in [0.15, 0.2) is 53.9 Å². The molecule has 3 aromatic rings. The lowest BCUT2D eigenvalue weighted by Crippen LogP contribution is -2.49. The number of hydrogen-bond acceptors (Lipinski definition) is 7. The Morgan fingerprint density at radius 3 is 2.63 bits per heavy atom. The Kier molecular flexibility index (Phi) is 6.73. The second-order valence-corrected chi connectivity index (χ2v) is 8.37. The summed E-state index contributed by atoms with van der Waals surface area (Å²) < 4.78 is 19.6. The third kappa shape index (κ3) is 4.96. The Morgan fingerprint density at radius 1 is 1.26 bits per heavy atom. The first-order chi connectivity index (χ1) is 16.8. The molecule has 10 nitrogen and oxygen atoms in total. The number of anilines is 1. The standard InChI is InChI=1S/C23H19FN4O6S/c1-34-13-7-8-14(15(24)10-13)18-20(30)28(23(33)26-18)17(9-12-5-3-2-4-6-12)19(29)27-22-25-16(11-35-22)21(31)32/h2-8,10-11,17-18H,9H2,1H3,(H,26,33)(H,31,32)(H,25,27,29). The number of amides is 4. The topological polar surface area (TPSA) is 138 Å². The number of aromatic nitrogens is 1. The monoisotopic (exact) mass is 498 g/mol. The Balaban J connectivity index is 1.64. The summed E-state index contributed by atoms with van der Waals surface area (Å²) in [6.07, 6.45) is -0.0270. The number of nitrogens with zero attached hydrogens (tertiary/aromatic N) is 2. The van der Waals surface area contributed by atoms with Crippen LogP contribution >= 0.6 is 11.3 Å². The number of ether oxygens (including phenoxy) is 1. The minimum atomic E-state index is -1.34. The molecule has 4 rings (SSSR count). The largest absolute Gasteiger partial charge is 0.497 e. The summed E-state index contributed by atoms with van der Waals surface area (Å²) in [6, 6.07) is 9.08. The number of carboxylic acid groups (broad SMARTS) is 1. The molecule has 180 valence electrons. The molecule has 1 aliphatic rings. The molecule has 1 fully saturated rings. The van der Waals surface area contributed by atoms with Crippen LogP contribution in [0.1, 0.15) is 27.7 Å². The maximum absolute atomic E-state index is 14.6. The maximum Gasteiger partial charge on any atom is 0.355 e. The third-order valence-corrected chi connectivity index (χ3v) is 6.09. The van der Waals surface area contributed by atoms with Gasteiger partial charge < -0.3 is 20.5 Å². The van der Waals surface area contributed by atoms with Crippen molar-refractivity contribution in [3.8, 4) is 5.75 Å². The summed E-state index contributed by atoms with van der Waals surface area (Å²) in [7, 11) is 1.37. The van der Waals surface area contributed by atoms with Crippen LogP contribution in [0.25, 0.3) is 0 Å². The number of benzene rings is 2. The van der Waals surface area contributed by atoms with E-state index >= 15 is 0 Å². The number of hydrogen-bond donors (Lipinski definition) is 3. The highest BCUT2D eigenvalue weighted by Gasteiger charge is 2.46. The molecule has 2 heterocycles. The van der Waals surface area contributed by atoms with Gasteiger partial charge in [0.05, 0.1) is 7.11 Å². The zero-order valence-corrected chi connectivity index (χ0v) is 19.0. The molecule has 0 spiro atoms. The van der Waals surface area contributed by atoms with E-state index in [4.69, 9.17) is 9.84 Å². The number of halogens is 1. The fourth-order valence-corrected chi connectivity index (χ4v) is 4.31. The van der Waals surface area contributed by atoms with Crippen molar-refractivity contribution in [1.82, 2.24) is 15.2 Å². The van der Waals surface area contributed by atoms with Crippen molar-refractivity contribution in [2.75, 3.05) is 12.4 Å². The molecule has 0 radical (unpaired) electrons. The van der Waals surface area contributed by atoms with Gasteiger partial charge in [0.15, 0.2) is 10.8 Å². The van der Waals surface area contributed by atoms with Gasteiger partial charge in [-0.3, -0.25) is 9.59 Å². The average Bonchev–Trinajstić information content (AvgIpc) is 3.42. The minimum Gasteiger partial charge on any atom is -0.497 e. The molecule has 1 aromatic heterocycles. The van der Waals surface area contributed by atoms with Gasteiger partial charge in [0.2, 0.25) is 5.91 Å². The van der Waals surface area contributed by atoms with Gasteiger partial charge in [0.25, 0.3) is 5.91 Å². The van der Waals surface area contributed by atoms with Crippen LogP contribution in [-0.2, 0) is 16.0 Å². The molecule has 1 aliphatic heterocycles. The van der Waals surface area contributed by atoms with Crippen LogP contribution in [-0.4, -0.2) is 52.0 Å². The first kappa shape index (κ1) is 23.8. The highest BCUT2D eigenvalue weighted by atomic mass is 32.1. The van der Waals surface area contributed by atoms with Crippen LogP contribution in [0.2, 0.25) is 0 Å². The summed E-state index contributed by atoms with van der Waals surface area (Å²) in [4.78, 5) is 55.0. The van der Waals surface area contributed by atoms with Gasteiger partial charge in [0.1, 0.15) is 23.7 Å². The molecule has 1 saturated heterocycles. The van der Waals surface area contributed by atoms with E-state index < -0.39 is 41.7 Å². The van der Waals surface area contributed by atoms with Crippen LogP contribution < -0.4 is 15.4 Å². The first-order valence-corrected chi connectivity index (χ1v) is 11.2. The van der Waals surface area contributed by atoms with E-state index in [1.807, 2.05) is 0 Å². The minimum absolute atomic E-state index is 0.00438. The first-order valence-electron chi connectivity index (χ1n) is 10.3. The molecule has 2 atom stereocenters. The second kappa shape index (κ2) is 9.89. The van der Waals surface area contributed by atoms with Crippen LogP contribution in [0, 0.1) is 5.82 Å². The van der Waals surface area contributed by atoms with E-state index in [2.05, 4.69) is 15.6 Å². The lowest BCUT2D eigenvalue weighted by atomic mass is 10.0. The van der Waals surface area contributed by atoms with Gasteiger partial charge in [-0.15, -0.1) is 11.3 Å². The Hall–Kier alpha value is -4.32. The van der Waals surface area contributed by atoms with Crippen LogP contribution in [0.5, 0.6) is 5.75 Å². The molecule has 4 amide bonds. The molecule has 2 unspecified atom stereocenters. The summed E-state index contributed by atoms with van der Waals surface area (Å²) >= 11 is 0.888. The zero-order chi connectivity index (χ0) is 25.1. The van der Waals surface area contributed by atoms with Crippen molar-refractivity contribution in [1.29, 1.82) is 0 Å². The van der Waals surface area contributed by atoms with Gasteiger partial charge in [-0.05, 0) is 17.7 Å². The maximum atomic E-state index is 14.6. The van der Waals surface area contributed by atoms with Gasteiger partial charge >= 0.3 is 12.0 Å². The Bertz CT molecular complexity index is 1300. The number of carbonyl (C=O) groups is 4. The summed E-state index contributed by atoms with van der Waals surface area (Å²) in [6.45, 7) is 0. The van der Waals surface area contributed by atoms with Crippen molar-refractivity contribution in [3.05, 3.63) is 76.5 Å². The fourth-order valence-electron chi connectivity index (χ4n) is 3.63. The number of thiazole rings is 1. The number of carboxylic acids is 1. The van der Waals surface area contributed by atoms with E-state index in [0.29, 0.717) is 5.56 Å². The number of nitrogens with one attached hydrogen (secondary N) is 2. The van der Waals surface area contributed by atoms with E-state index in [1.165, 1.54) is 24.6 Å². The van der Waals surface area contributed by atoms with Crippen molar-refractivity contribution in [3.63, 3.8) is 0 Å². The van der Waals surface area contributed by atoms with Crippen molar-refractivity contribution in [2.45, 2.75) is 18.5 Å². The molecule has 0 aliphatic carbocycles. The predicted octanol–water partition coefficient (Wildman–Crippen LogP) is 2.83. The van der Waals surface area contributed by atoms with Crippen molar-refractivity contribution >= 4 is 40.3 Å². The highest BCUT2D eigenvalue weighted by Crippen LogP contribution is 2.29. The number of rotatable bonds is 8. The van der Waals surface area contributed by atoms with E-state index in [-0.39, 0.29) is 28.6 Å². The van der Waals surface area contributed by atoms with Gasteiger partial charge in [-0.1, -0.05) is 30.3 Å². The van der Waals surface area contributed by atoms with Gasteiger partial charge in [-0.25, -0.2) is 23.9 Å². The molecule has 2 aromatic carbocycles. The Morgan fingerprint density at radius 2 is 2.00 bits per heavy atom. The van der Waals surface area contributed by atoms with E-state index in [9.17, 15) is 23.6 Å². The van der Waals surface area contributed by atoms with Gasteiger partial charge in [-0.2, -0.15) is 0 Å². The summed E-state index contributed by atoms with van der Waals surface area (Å²) in [5, 5.41) is 15.2. The lowest BCUT2D eigenvalue weighted by molar-refractivity contribution is -0.134. The number of carbonyl (C=O) groups excluding carboxylic acids is 3. The fraction of sp³-hybridized carbons (Fsp3) is 0.174. The normalized spacial score (nSPS) is 16.1.